The third-order valence-electron chi connectivity index (χ3n) is 4.91. The second kappa shape index (κ2) is 12.6. The van der Waals surface area contributed by atoms with Crippen LogP contribution >= 0.6 is 0 Å². The highest BCUT2D eigenvalue weighted by Crippen LogP contribution is 2.30. The molecular formula is C27H25N3O6. The molecule has 0 bridgehead atoms. The molecule has 1 N–H and O–H groups in total. The minimum atomic E-state index is -0.543. The SMILES string of the molecule is CCOc1ccc(NC(=O)/C(C#N)=C\c2ccc(OCc3ccc([N+](=O)[O-])cc3)c(OCC)c2)cc1. The van der Waals surface area contributed by atoms with Gasteiger partial charge in [-0.25, -0.2) is 0 Å². The number of nitriles is 1. The zero-order valence-corrected chi connectivity index (χ0v) is 19.9. The average molecular weight is 488 g/mol. The number of nitro groups is 1. The van der Waals surface area contributed by atoms with Crippen molar-refractivity contribution in [1.29, 1.82) is 5.26 Å². The van der Waals surface area contributed by atoms with Gasteiger partial charge in [0.2, 0.25) is 0 Å². The van der Waals surface area contributed by atoms with E-state index >= 15 is 0 Å². The van der Waals surface area contributed by atoms with Crippen molar-refractivity contribution in [3.8, 4) is 23.3 Å². The summed E-state index contributed by atoms with van der Waals surface area (Å²) in [6.45, 7) is 4.81. The van der Waals surface area contributed by atoms with Crippen molar-refractivity contribution in [2.24, 2.45) is 0 Å². The molecule has 3 rings (SSSR count). The maximum Gasteiger partial charge on any atom is 0.269 e. The molecule has 9 nitrogen and oxygen atoms in total. The maximum absolute atomic E-state index is 12.6. The molecule has 0 aliphatic carbocycles. The van der Waals surface area contributed by atoms with Crippen LogP contribution in [0.3, 0.4) is 0 Å². The van der Waals surface area contributed by atoms with Gasteiger partial charge in [-0.1, -0.05) is 6.07 Å². The number of ether oxygens (including phenoxy) is 3. The van der Waals surface area contributed by atoms with E-state index in [9.17, 15) is 20.2 Å². The Bertz CT molecular complexity index is 1280. The van der Waals surface area contributed by atoms with Gasteiger partial charge in [-0.15, -0.1) is 0 Å². The average Bonchev–Trinajstić information content (AvgIpc) is 2.88. The maximum atomic E-state index is 12.6. The number of nitro benzene ring substituents is 1. The molecule has 0 aromatic heterocycles. The second-order valence-electron chi connectivity index (χ2n) is 7.43. The summed E-state index contributed by atoms with van der Waals surface area (Å²) < 4.78 is 16.9. The van der Waals surface area contributed by atoms with Gasteiger partial charge in [-0.3, -0.25) is 14.9 Å². The lowest BCUT2D eigenvalue weighted by Crippen LogP contribution is -2.13. The molecule has 0 atom stereocenters. The van der Waals surface area contributed by atoms with E-state index in [1.165, 1.54) is 18.2 Å². The van der Waals surface area contributed by atoms with Crippen LogP contribution in [0.15, 0.2) is 72.3 Å². The second-order valence-corrected chi connectivity index (χ2v) is 7.43. The zero-order chi connectivity index (χ0) is 25.9. The zero-order valence-electron chi connectivity index (χ0n) is 19.9. The van der Waals surface area contributed by atoms with E-state index < -0.39 is 10.8 Å². The van der Waals surface area contributed by atoms with Crippen LogP contribution in [0.25, 0.3) is 6.08 Å². The predicted molar refractivity (Wildman–Crippen MR) is 135 cm³/mol. The van der Waals surface area contributed by atoms with E-state index in [0.717, 1.165) is 5.56 Å². The Morgan fingerprint density at radius 2 is 1.67 bits per heavy atom. The molecule has 0 fully saturated rings. The summed E-state index contributed by atoms with van der Waals surface area (Å²) in [5, 5.41) is 23.1. The van der Waals surface area contributed by atoms with Crippen molar-refractivity contribution in [2.45, 2.75) is 20.5 Å². The van der Waals surface area contributed by atoms with Crippen LogP contribution in [-0.2, 0) is 11.4 Å². The van der Waals surface area contributed by atoms with Crippen molar-refractivity contribution in [2.75, 3.05) is 18.5 Å². The van der Waals surface area contributed by atoms with Crippen molar-refractivity contribution in [3.05, 3.63) is 93.5 Å². The fraction of sp³-hybridized carbons (Fsp3) is 0.185. The third-order valence-corrected chi connectivity index (χ3v) is 4.91. The first-order chi connectivity index (χ1) is 17.4. The predicted octanol–water partition coefficient (Wildman–Crippen LogP) is 5.52. The normalized spacial score (nSPS) is 10.8. The molecule has 3 aromatic carbocycles. The van der Waals surface area contributed by atoms with Gasteiger partial charge >= 0.3 is 0 Å². The molecule has 0 spiro atoms. The Balaban J connectivity index is 1.73. The number of nitrogens with one attached hydrogen (secondary N) is 1. The fourth-order valence-corrected chi connectivity index (χ4v) is 3.19. The minimum absolute atomic E-state index is 0.00440. The number of hydrogen-bond donors (Lipinski definition) is 1. The van der Waals surface area contributed by atoms with Gasteiger partial charge in [0, 0.05) is 17.8 Å². The van der Waals surface area contributed by atoms with E-state index in [0.29, 0.717) is 41.7 Å². The number of non-ortho nitro benzene ring substituents is 1. The fourth-order valence-electron chi connectivity index (χ4n) is 3.19. The number of carbonyl (C=O) groups is 1. The molecular weight excluding hydrogens is 462 g/mol. The Labute approximate surface area is 208 Å². The first-order valence-corrected chi connectivity index (χ1v) is 11.2. The van der Waals surface area contributed by atoms with Crippen molar-refractivity contribution >= 4 is 23.4 Å². The van der Waals surface area contributed by atoms with Crippen LogP contribution in [0.4, 0.5) is 11.4 Å². The largest absolute Gasteiger partial charge is 0.494 e. The number of carbonyl (C=O) groups excluding carboxylic acids is 1. The monoisotopic (exact) mass is 487 g/mol. The molecule has 0 saturated heterocycles. The van der Waals surface area contributed by atoms with Gasteiger partial charge in [0.15, 0.2) is 11.5 Å². The summed E-state index contributed by atoms with van der Waals surface area (Å²) in [4.78, 5) is 23.0. The molecule has 0 aliphatic rings. The van der Waals surface area contributed by atoms with Gasteiger partial charge in [0.1, 0.15) is 24.0 Å². The van der Waals surface area contributed by atoms with E-state index in [4.69, 9.17) is 14.2 Å². The first kappa shape index (κ1) is 25.8. The Kier molecular flexibility index (Phi) is 9.00. The Morgan fingerprint density at radius 1 is 0.972 bits per heavy atom. The van der Waals surface area contributed by atoms with Crippen LogP contribution in [0.1, 0.15) is 25.0 Å². The van der Waals surface area contributed by atoms with Crippen LogP contribution in [0.5, 0.6) is 17.2 Å². The minimum Gasteiger partial charge on any atom is -0.494 e. The summed E-state index contributed by atoms with van der Waals surface area (Å²) in [6, 6.07) is 19.9. The van der Waals surface area contributed by atoms with Crippen LogP contribution in [-0.4, -0.2) is 24.0 Å². The van der Waals surface area contributed by atoms with Crippen molar-refractivity contribution in [3.63, 3.8) is 0 Å². The third kappa shape index (κ3) is 7.08. The van der Waals surface area contributed by atoms with Gasteiger partial charge < -0.3 is 19.5 Å². The van der Waals surface area contributed by atoms with Crippen molar-refractivity contribution < 1.29 is 23.9 Å². The lowest BCUT2D eigenvalue weighted by Gasteiger charge is -2.13. The van der Waals surface area contributed by atoms with Gasteiger partial charge in [0.25, 0.3) is 11.6 Å². The molecule has 184 valence electrons. The number of benzene rings is 3. The van der Waals surface area contributed by atoms with E-state index in [1.807, 2.05) is 19.9 Å². The molecule has 0 saturated carbocycles. The van der Waals surface area contributed by atoms with Crippen LogP contribution in [0, 0.1) is 21.4 Å². The Hall–Kier alpha value is -4.84. The lowest BCUT2D eigenvalue weighted by molar-refractivity contribution is -0.384. The molecule has 3 aromatic rings. The highest BCUT2D eigenvalue weighted by Gasteiger charge is 2.12. The summed E-state index contributed by atoms with van der Waals surface area (Å²) in [5.74, 6) is 1.05. The molecule has 0 aliphatic heterocycles. The summed E-state index contributed by atoms with van der Waals surface area (Å²) in [5.41, 5.74) is 1.80. The number of hydrogen-bond acceptors (Lipinski definition) is 7. The molecule has 36 heavy (non-hydrogen) atoms. The highest BCUT2D eigenvalue weighted by molar-refractivity contribution is 6.09. The number of anilines is 1. The lowest BCUT2D eigenvalue weighted by atomic mass is 10.1. The molecule has 0 radical (unpaired) electrons. The Morgan fingerprint density at radius 3 is 2.28 bits per heavy atom. The number of amides is 1. The molecule has 1 amide bonds. The first-order valence-electron chi connectivity index (χ1n) is 11.2. The van der Waals surface area contributed by atoms with Gasteiger partial charge in [0.05, 0.1) is 18.1 Å². The quantitative estimate of drug-likeness (QED) is 0.163. The van der Waals surface area contributed by atoms with Gasteiger partial charge in [-0.2, -0.15) is 5.26 Å². The van der Waals surface area contributed by atoms with Gasteiger partial charge in [-0.05, 0) is 79.6 Å². The summed E-state index contributed by atoms with van der Waals surface area (Å²) in [7, 11) is 0. The van der Waals surface area contributed by atoms with Crippen molar-refractivity contribution in [1.82, 2.24) is 0 Å². The summed E-state index contributed by atoms with van der Waals surface area (Å²) >= 11 is 0. The highest BCUT2D eigenvalue weighted by atomic mass is 16.6. The van der Waals surface area contributed by atoms with Crippen LogP contribution in [0.2, 0.25) is 0 Å². The standard InChI is InChI=1S/C27H25N3O6/c1-3-34-24-12-8-22(9-13-24)29-27(31)21(17-28)15-20-7-14-25(26(16-20)35-4-2)36-18-19-5-10-23(11-6-19)30(32)33/h5-16H,3-4,18H2,1-2H3,(H,29,31)/b21-15-. The van der Waals surface area contributed by atoms with E-state index in [-0.39, 0.29) is 17.9 Å². The molecule has 0 unspecified atom stereocenters. The number of nitrogens with zero attached hydrogens (tertiary/aromatic N) is 2. The molecule has 9 heteroatoms. The van der Waals surface area contributed by atoms with E-state index in [1.54, 1.807) is 54.6 Å². The smallest absolute Gasteiger partial charge is 0.269 e. The summed E-state index contributed by atoms with van der Waals surface area (Å²) in [6.07, 6.45) is 1.46. The molecule has 0 heterocycles. The topological polar surface area (TPSA) is 124 Å². The number of rotatable bonds is 11. The van der Waals surface area contributed by atoms with Crippen LogP contribution < -0.4 is 19.5 Å². The van der Waals surface area contributed by atoms with E-state index in [2.05, 4.69) is 5.32 Å².